The minimum Gasteiger partial charge on any atom is -0.327 e. The second-order valence-corrected chi connectivity index (χ2v) is 6.06. The lowest BCUT2D eigenvalue weighted by atomic mass is 10.0. The van der Waals surface area contributed by atoms with Crippen LogP contribution in [0.1, 0.15) is 36.0 Å². The molecular formula is C15H21BrN4. The summed E-state index contributed by atoms with van der Waals surface area (Å²) in [5.74, 6) is 0. The summed E-state index contributed by atoms with van der Waals surface area (Å²) in [7, 11) is 0. The third kappa shape index (κ3) is 3.46. The number of pyridine rings is 1. The van der Waals surface area contributed by atoms with Crippen molar-refractivity contribution in [1.29, 1.82) is 0 Å². The highest BCUT2D eigenvalue weighted by Gasteiger charge is 2.14. The molecule has 1 atom stereocenters. The zero-order chi connectivity index (χ0) is 14.7. The summed E-state index contributed by atoms with van der Waals surface area (Å²) in [6, 6.07) is 4.22. The first kappa shape index (κ1) is 15.2. The van der Waals surface area contributed by atoms with Crippen molar-refractivity contribution in [1.82, 2.24) is 14.8 Å². The van der Waals surface area contributed by atoms with Crippen LogP contribution in [0.25, 0.3) is 0 Å². The monoisotopic (exact) mass is 336 g/mol. The van der Waals surface area contributed by atoms with Gasteiger partial charge in [0.1, 0.15) is 0 Å². The van der Waals surface area contributed by atoms with Gasteiger partial charge in [0, 0.05) is 22.4 Å². The van der Waals surface area contributed by atoms with Gasteiger partial charge in [0.15, 0.2) is 0 Å². The van der Waals surface area contributed by atoms with E-state index < -0.39 is 0 Å². The van der Waals surface area contributed by atoms with Crippen LogP contribution in [0.3, 0.4) is 0 Å². The van der Waals surface area contributed by atoms with E-state index in [1.165, 1.54) is 11.3 Å². The first-order valence-electron chi connectivity index (χ1n) is 6.90. The number of rotatable bonds is 5. The van der Waals surface area contributed by atoms with Crippen molar-refractivity contribution < 1.29 is 0 Å². The molecule has 0 bridgehead atoms. The summed E-state index contributed by atoms with van der Waals surface area (Å²) in [4.78, 5) is 4.40. The number of aryl methyl sites for hydroxylation is 1. The molecule has 0 fully saturated rings. The molecule has 2 heterocycles. The summed E-state index contributed by atoms with van der Waals surface area (Å²) < 4.78 is 3.01. The molecule has 0 aliphatic rings. The van der Waals surface area contributed by atoms with Crippen LogP contribution in [0.15, 0.2) is 22.8 Å². The SMILES string of the molecule is CCC(N)Cc1c(C)nn(Cc2ccc(Br)cn2)c1C. The largest absolute Gasteiger partial charge is 0.327 e. The highest BCUT2D eigenvalue weighted by molar-refractivity contribution is 9.10. The maximum absolute atomic E-state index is 6.07. The molecule has 0 spiro atoms. The smallest absolute Gasteiger partial charge is 0.0834 e. The third-order valence-corrected chi connectivity index (χ3v) is 4.09. The molecule has 2 N–H and O–H groups in total. The van der Waals surface area contributed by atoms with E-state index in [0.717, 1.165) is 28.7 Å². The van der Waals surface area contributed by atoms with E-state index >= 15 is 0 Å². The van der Waals surface area contributed by atoms with Gasteiger partial charge in [0.05, 0.1) is 17.9 Å². The van der Waals surface area contributed by atoms with Crippen molar-refractivity contribution >= 4 is 15.9 Å². The Hall–Kier alpha value is -1.20. The summed E-state index contributed by atoms with van der Waals surface area (Å²) in [6.45, 7) is 6.97. The molecule has 0 amide bonds. The Morgan fingerprint density at radius 1 is 1.35 bits per heavy atom. The Bertz CT molecular complexity index is 574. The fourth-order valence-electron chi connectivity index (χ4n) is 2.24. The fraction of sp³-hybridized carbons (Fsp3) is 0.467. The van der Waals surface area contributed by atoms with Crippen LogP contribution < -0.4 is 5.73 Å². The summed E-state index contributed by atoms with van der Waals surface area (Å²) in [5.41, 5.74) is 10.6. The predicted octanol–water partition coefficient (Wildman–Crippen LogP) is 2.99. The highest BCUT2D eigenvalue weighted by Crippen LogP contribution is 2.17. The van der Waals surface area contributed by atoms with Gasteiger partial charge in [-0.25, -0.2) is 0 Å². The zero-order valence-corrected chi connectivity index (χ0v) is 13.8. The van der Waals surface area contributed by atoms with Crippen molar-refractivity contribution in [3.8, 4) is 0 Å². The van der Waals surface area contributed by atoms with Crippen LogP contribution in [0.2, 0.25) is 0 Å². The molecule has 2 rings (SSSR count). The molecule has 20 heavy (non-hydrogen) atoms. The van der Waals surface area contributed by atoms with E-state index in [1.54, 1.807) is 0 Å². The maximum Gasteiger partial charge on any atom is 0.0834 e. The summed E-state index contributed by atoms with van der Waals surface area (Å²) in [6.07, 6.45) is 3.69. The number of aromatic nitrogens is 3. The Morgan fingerprint density at radius 2 is 2.10 bits per heavy atom. The molecule has 4 nitrogen and oxygen atoms in total. The second kappa shape index (κ2) is 6.50. The topological polar surface area (TPSA) is 56.7 Å². The van der Waals surface area contributed by atoms with Gasteiger partial charge in [-0.1, -0.05) is 6.92 Å². The minimum atomic E-state index is 0.204. The molecule has 0 saturated heterocycles. The zero-order valence-electron chi connectivity index (χ0n) is 12.2. The molecule has 0 aromatic carbocycles. The lowest BCUT2D eigenvalue weighted by Gasteiger charge is -2.09. The van der Waals surface area contributed by atoms with Crippen molar-refractivity contribution in [2.45, 2.75) is 46.2 Å². The van der Waals surface area contributed by atoms with Crippen LogP contribution >= 0.6 is 15.9 Å². The lowest BCUT2D eigenvalue weighted by molar-refractivity contribution is 0.632. The molecule has 0 aliphatic carbocycles. The minimum absolute atomic E-state index is 0.204. The number of halogens is 1. The predicted molar refractivity (Wildman–Crippen MR) is 84.7 cm³/mol. The highest BCUT2D eigenvalue weighted by atomic mass is 79.9. The Labute approximate surface area is 128 Å². The van der Waals surface area contributed by atoms with Crippen LogP contribution in [-0.4, -0.2) is 20.8 Å². The van der Waals surface area contributed by atoms with Crippen LogP contribution in [0.5, 0.6) is 0 Å². The summed E-state index contributed by atoms with van der Waals surface area (Å²) >= 11 is 3.40. The Morgan fingerprint density at radius 3 is 2.70 bits per heavy atom. The average molecular weight is 337 g/mol. The van der Waals surface area contributed by atoms with E-state index in [0.29, 0.717) is 6.54 Å². The molecule has 0 aliphatic heterocycles. The van der Waals surface area contributed by atoms with Gasteiger partial charge in [-0.05, 0) is 60.3 Å². The van der Waals surface area contributed by atoms with Gasteiger partial charge in [-0.2, -0.15) is 5.10 Å². The fourth-order valence-corrected chi connectivity index (χ4v) is 2.48. The van der Waals surface area contributed by atoms with Gasteiger partial charge in [-0.15, -0.1) is 0 Å². The van der Waals surface area contributed by atoms with Crippen molar-refractivity contribution in [3.63, 3.8) is 0 Å². The molecule has 2 aromatic heterocycles. The second-order valence-electron chi connectivity index (χ2n) is 5.15. The normalized spacial score (nSPS) is 12.7. The number of nitrogens with zero attached hydrogens (tertiary/aromatic N) is 3. The first-order valence-corrected chi connectivity index (χ1v) is 7.69. The van der Waals surface area contributed by atoms with Gasteiger partial charge in [0.2, 0.25) is 0 Å². The van der Waals surface area contributed by atoms with Gasteiger partial charge in [0.25, 0.3) is 0 Å². The van der Waals surface area contributed by atoms with Gasteiger partial charge < -0.3 is 5.73 Å². The first-order chi connectivity index (χ1) is 9.51. The molecule has 5 heteroatoms. The van der Waals surface area contributed by atoms with E-state index in [1.807, 2.05) is 23.0 Å². The number of hydrogen-bond acceptors (Lipinski definition) is 3. The number of hydrogen-bond donors (Lipinski definition) is 1. The van der Waals surface area contributed by atoms with Gasteiger partial charge in [-0.3, -0.25) is 9.67 Å². The Kier molecular flexibility index (Phi) is 4.94. The molecule has 1 unspecified atom stereocenters. The van der Waals surface area contributed by atoms with Crippen molar-refractivity contribution in [3.05, 3.63) is 45.4 Å². The summed E-state index contributed by atoms with van der Waals surface area (Å²) in [5, 5.41) is 4.62. The Balaban J connectivity index is 2.21. The quantitative estimate of drug-likeness (QED) is 0.913. The van der Waals surface area contributed by atoms with Crippen molar-refractivity contribution in [2.24, 2.45) is 5.73 Å². The third-order valence-electron chi connectivity index (χ3n) is 3.62. The van der Waals surface area contributed by atoms with E-state index in [9.17, 15) is 0 Å². The standard InChI is InChI=1S/C15H21BrN4/c1-4-13(17)7-15-10(2)19-20(11(15)3)9-14-6-5-12(16)8-18-14/h5-6,8,13H,4,7,9,17H2,1-3H3. The van der Waals surface area contributed by atoms with Crippen LogP contribution in [0.4, 0.5) is 0 Å². The average Bonchev–Trinajstić information content (AvgIpc) is 2.69. The van der Waals surface area contributed by atoms with E-state index in [2.05, 4.69) is 46.8 Å². The molecular weight excluding hydrogens is 316 g/mol. The number of nitrogens with two attached hydrogens (primary N) is 1. The van der Waals surface area contributed by atoms with E-state index in [4.69, 9.17) is 5.73 Å². The van der Waals surface area contributed by atoms with E-state index in [-0.39, 0.29) is 6.04 Å². The molecule has 108 valence electrons. The molecule has 0 saturated carbocycles. The van der Waals surface area contributed by atoms with Crippen LogP contribution in [-0.2, 0) is 13.0 Å². The van der Waals surface area contributed by atoms with Crippen LogP contribution in [0, 0.1) is 13.8 Å². The lowest BCUT2D eigenvalue weighted by Crippen LogP contribution is -2.22. The molecule has 2 aromatic rings. The van der Waals surface area contributed by atoms with Gasteiger partial charge >= 0.3 is 0 Å². The van der Waals surface area contributed by atoms with Crippen molar-refractivity contribution in [2.75, 3.05) is 0 Å². The molecule has 0 radical (unpaired) electrons. The maximum atomic E-state index is 6.07.